The van der Waals surface area contributed by atoms with Gasteiger partial charge in [-0.15, -0.1) is 0 Å². The third-order valence-electron chi connectivity index (χ3n) is 3.56. The van der Waals surface area contributed by atoms with Crippen LogP contribution in [0.5, 0.6) is 0 Å². The number of hydrogen-bond donors (Lipinski definition) is 0. The van der Waals surface area contributed by atoms with Gasteiger partial charge in [0.1, 0.15) is 5.49 Å². The molecular weight excluding hydrogens is 288 g/mol. The molecule has 0 radical (unpaired) electrons. The lowest BCUT2D eigenvalue weighted by Crippen LogP contribution is -2.22. The van der Waals surface area contributed by atoms with Crippen molar-refractivity contribution < 1.29 is 4.79 Å². The Labute approximate surface area is 134 Å². The molecule has 1 amide bonds. The third kappa shape index (κ3) is 3.63. The first-order valence-corrected chi connectivity index (χ1v) is 7.40. The van der Waals surface area contributed by atoms with E-state index in [9.17, 15) is 4.79 Å². The molecule has 3 aromatic rings. The van der Waals surface area contributed by atoms with Crippen molar-refractivity contribution in [1.29, 1.82) is 0 Å². The van der Waals surface area contributed by atoms with E-state index in [0.29, 0.717) is 17.6 Å². The van der Waals surface area contributed by atoms with Gasteiger partial charge in [-0.25, -0.2) is 0 Å². The molecule has 0 aliphatic rings. The van der Waals surface area contributed by atoms with Crippen LogP contribution in [0.15, 0.2) is 66.0 Å². The van der Waals surface area contributed by atoms with Gasteiger partial charge in [0, 0.05) is 26.0 Å². The van der Waals surface area contributed by atoms with E-state index in [2.05, 4.69) is 41.3 Å². The van der Waals surface area contributed by atoms with Gasteiger partial charge in [-0.1, -0.05) is 35.9 Å². The zero-order valence-corrected chi connectivity index (χ0v) is 13.2. The van der Waals surface area contributed by atoms with Crippen molar-refractivity contribution in [3.63, 3.8) is 0 Å². The lowest BCUT2D eigenvalue weighted by atomic mass is 10.1. The lowest BCUT2D eigenvalue weighted by Gasteiger charge is -2.07. The second-order valence-corrected chi connectivity index (χ2v) is 5.49. The number of nitrogens with zero attached hydrogens (tertiary/aromatic N) is 4. The van der Waals surface area contributed by atoms with E-state index in [0.717, 1.165) is 5.56 Å². The second-order valence-electron chi connectivity index (χ2n) is 5.49. The normalized spacial score (nSPS) is 11.7. The first-order valence-electron chi connectivity index (χ1n) is 7.40. The van der Waals surface area contributed by atoms with Crippen LogP contribution < -0.4 is 5.49 Å². The van der Waals surface area contributed by atoms with Crippen molar-refractivity contribution in [2.45, 2.75) is 13.5 Å². The lowest BCUT2D eigenvalue weighted by molar-refractivity contribution is 0.0997. The first-order chi connectivity index (χ1) is 11.1. The summed E-state index contributed by atoms with van der Waals surface area (Å²) in [6.07, 6.45) is 5.12. The molecule has 5 nitrogen and oxygen atoms in total. The van der Waals surface area contributed by atoms with E-state index in [1.807, 2.05) is 29.0 Å². The van der Waals surface area contributed by atoms with Crippen LogP contribution in [-0.2, 0) is 13.6 Å². The molecule has 5 heteroatoms. The molecular formula is C18H18N4O. The van der Waals surface area contributed by atoms with Crippen LogP contribution in [0.4, 0.5) is 0 Å². The highest BCUT2D eigenvalue weighted by molar-refractivity contribution is 5.94. The molecule has 2 heterocycles. The summed E-state index contributed by atoms with van der Waals surface area (Å²) < 4.78 is 3.55. The van der Waals surface area contributed by atoms with Crippen molar-refractivity contribution >= 4 is 5.91 Å². The highest BCUT2D eigenvalue weighted by Crippen LogP contribution is 2.04. The summed E-state index contributed by atoms with van der Waals surface area (Å²) in [5, 5.41) is 4.01. The van der Waals surface area contributed by atoms with Crippen molar-refractivity contribution in [2.75, 3.05) is 0 Å². The Kier molecular flexibility index (Phi) is 4.19. The van der Waals surface area contributed by atoms with Gasteiger partial charge in [0.15, 0.2) is 0 Å². The van der Waals surface area contributed by atoms with Gasteiger partial charge in [0.2, 0.25) is 0 Å². The number of carbonyl (C=O) groups is 1. The van der Waals surface area contributed by atoms with E-state index in [-0.39, 0.29) is 5.91 Å². The van der Waals surface area contributed by atoms with Crippen LogP contribution in [0.25, 0.3) is 0 Å². The summed E-state index contributed by atoms with van der Waals surface area (Å²) in [5.41, 5.74) is 3.50. The molecule has 0 atom stereocenters. The fourth-order valence-electron chi connectivity index (χ4n) is 2.29. The van der Waals surface area contributed by atoms with E-state index >= 15 is 0 Å². The van der Waals surface area contributed by atoms with Crippen LogP contribution in [-0.4, -0.2) is 20.3 Å². The molecule has 0 spiro atoms. The van der Waals surface area contributed by atoms with Crippen LogP contribution in [0, 0.1) is 6.92 Å². The summed E-state index contributed by atoms with van der Waals surface area (Å²) in [6.45, 7) is 2.73. The average molecular weight is 306 g/mol. The highest BCUT2D eigenvalue weighted by atomic mass is 16.1. The number of amides is 1. The molecule has 0 fully saturated rings. The summed E-state index contributed by atoms with van der Waals surface area (Å²) in [4.78, 5) is 16.5. The molecule has 1 aromatic carbocycles. The smallest absolute Gasteiger partial charge is 0.282 e. The Morgan fingerprint density at radius 2 is 1.96 bits per heavy atom. The predicted octanol–water partition coefficient (Wildman–Crippen LogP) is 2.32. The van der Waals surface area contributed by atoms with Crippen molar-refractivity contribution in [2.24, 2.45) is 12.0 Å². The molecule has 0 N–H and O–H groups in total. The number of aryl methyl sites for hydroxylation is 2. The van der Waals surface area contributed by atoms with Crippen molar-refractivity contribution in [3.8, 4) is 0 Å². The minimum Gasteiger partial charge on any atom is -0.328 e. The van der Waals surface area contributed by atoms with Gasteiger partial charge < -0.3 is 4.57 Å². The van der Waals surface area contributed by atoms with Crippen LogP contribution in [0.2, 0.25) is 0 Å². The number of benzene rings is 1. The number of pyridine rings is 1. The Morgan fingerprint density at radius 3 is 2.65 bits per heavy atom. The first kappa shape index (κ1) is 15.0. The van der Waals surface area contributed by atoms with Gasteiger partial charge in [0.05, 0.1) is 11.8 Å². The maximum Gasteiger partial charge on any atom is 0.282 e. The molecule has 0 aliphatic carbocycles. The van der Waals surface area contributed by atoms with E-state index in [1.54, 1.807) is 17.9 Å². The minimum atomic E-state index is -0.290. The average Bonchev–Trinajstić information content (AvgIpc) is 2.98. The summed E-state index contributed by atoms with van der Waals surface area (Å²) >= 11 is 0. The number of carbonyl (C=O) groups excluding carboxylic acids is 1. The standard InChI is InChI=1S/C18H18N4O/c1-14-6-8-15(9-7-14)12-22-10-4-3-5-17(22)20-18(23)16-11-19-21(2)13-16/h3-11,13H,12H2,1-2H3. The highest BCUT2D eigenvalue weighted by Gasteiger charge is 2.06. The topological polar surface area (TPSA) is 52.2 Å². The molecule has 0 saturated carbocycles. The summed E-state index contributed by atoms with van der Waals surface area (Å²) in [5.74, 6) is -0.290. The maximum atomic E-state index is 12.2. The van der Waals surface area contributed by atoms with Crippen molar-refractivity contribution in [1.82, 2.24) is 14.3 Å². The SMILES string of the molecule is Cc1ccc(Cn2ccccc2=NC(=O)c2cnn(C)c2)cc1. The van der Waals surface area contributed by atoms with E-state index in [1.165, 1.54) is 11.8 Å². The van der Waals surface area contributed by atoms with Crippen LogP contribution in [0.1, 0.15) is 21.5 Å². The molecule has 3 rings (SSSR count). The van der Waals surface area contributed by atoms with Gasteiger partial charge in [-0.3, -0.25) is 9.48 Å². The molecule has 0 bridgehead atoms. The Bertz CT molecular complexity index is 888. The van der Waals surface area contributed by atoms with Crippen molar-refractivity contribution in [3.05, 3.63) is 83.2 Å². The zero-order valence-electron chi connectivity index (χ0n) is 13.2. The van der Waals surface area contributed by atoms with Gasteiger partial charge in [0.25, 0.3) is 5.91 Å². The molecule has 0 aliphatic heterocycles. The Morgan fingerprint density at radius 1 is 1.17 bits per heavy atom. The van der Waals surface area contributed by atoms with E-state index < -0.39 is 0 Å². The quantitative estimate of drug-likeness (QED) is 0.745. The molecule has 0 saturated heterocycles. The molecule has 0 unspecified atom stereocenters. The van der Waals surface area contributed by atoms with Gasteiger partial charge >= 0.3 is 0 Å². The van der Waals surface area contributed by atoms with Gasteiger partial charge in [-0.05, 0) is 24.6 Å². The Hall–Kier alpha value is -2.95. The number of rotatable bonds is 3. The molecule has 2 aromatic heterocycles. The van der Waals surface area contributed by atoms with Crippen LogP contribution in [0.3, 0.4) is 0 Å². The van der Waals surface area contributed by atoms with Gasteiger partial charge in [-0.2, -0.15) is 10.1 Å². The monoisotopic (exact) mass is 306 g/mol. The largest absolute Gasteiger partial charge is 0.328 e. The molecule has 23 heavy (non-hydrogen) atoms. The minimum absolute atomic E-state index is 0.290. The Balaban J connectivity index is 1.92. The second kappa shape index (κ2) is 6.44. The zero-order chi connectivity index (χ0) is 16.2. The molecule has 116 valence electrons. The fourth-order valence-corrected chi connectivity index (χ4v) is 2.29. The predicted molar refractivity (Wildman–Crippen MR) is 87.8 cm³/mol. The summed E-state index contributed by atoms with van der Waals surface area (Å²) in [6, 6.07) is 14.0. The summed E-state index contributed by atoms with van der Waals surface area (Å²) in [7, 11) is 1.77. The fraction of sp³-hybridized carbons (Fsp3) is 0.167. The van der Waals surface area contributed by atoms with E-state index in [4.69, 9.17) is 0 Å². The number of aromatic nitrogens is 3. The third-order valence-corrected chi connectivity index (χ3v) is 3.56. The van der Waals surface area contributed by atoms with Crippen LogP contribution >= 0.6 is 0 Å². The number of hydrogen-bond acceptors (Lipinski definition) is 2. The maximum absolute atomic E-state index is 12.2.